The summed E-state index contributed by atoms with van der Waals surface area (Å²) in [7, 11) is -3.11. The van der Waals surface area contributed by atoms with E-state index in [0.717, 1.165) is 19.0 Å². The molecule has 148 valence electrons. The summed E-state index contributed by atoms with van der Waals surface area (Å²) in [5.74, 6) is 0.795. The lowest BCUT2D eigenvalue weighted by Gasteiger charge is -2.41. The van der Waals surface area contributed by atoms with Gasteiger partial charge in [-0.25, -0.2) is 13.1 Å². The maximum Gasteiger partial charge on any atom is 0.208 e. The van der Waals surface area contributed by atoms with Crippen LogP contribution in [0.1, 0.15) is 38.2 Å². The fourth-order valence-electron chi connectivity index (χ4n) is 3.06. The predicted molar refractivity (Wildman–Crippen MR) is 119 cm³/mol. The summed E-state index contributed by atoms with van der Waals surface area (Å²) in [6, 6.07) is 10.6. The van der Waals surface area contributed by atoms with E-state index in [1.165, 1.54) is 31.1 Å². The summed E-state index contributed by atoms with van der Waals surface area (Å²) in [6.45, 7) is 4.71. The van der Waals surface area contributed by atoms with Gasteiger partial charge in [0.25, 0.3) is 0 Å². The van der Waals surface area contributed by atoms with Gasteiger partial charge in [0.05, 0.1) is 12.8 Å². The monoisotopic (exact) mass is 494 g/mol. The van der Waals surface area contributed by atoms with Crippen molar-refractivity contribution >= 4 is 40.0 Å². The number of aliphatic imine (C=N–C) groups is 1. The summed E-state index contributed by atoms with van der Waals surface area (Å²) in [6.07, 6.45) is 5.50. The van der Waals surface area contributed by atoms with Crippen molar-refractivity contribution in [1.29, 1.82) is 0 Å². The zero-order valence-electron chi connectivity index (χ0n) is 15.6. The highest BCUT2D eigenvalue weighted by atomic mass is 127. The molecule has 0 spiro atoms. The van der Waals surface area contributed by atoms with Gasteiger partial charge in [-0.1, -0.05) is 36.8 Å². The molecule has 1 aromatic rings. The number of hydrogen-bond acceptors (Lipinski definition) is 3. The lowest BCUT2D eigenvalue weighted by molar-refractivity contribution is 0.253. The molecule has 1 aliphatic rings. The SMILES string of the molecule is CCNC(=NCC1(c2ccccc2)CCC1)NCCCNS(C)(=O)=O.I. The number of guanidine groups is 1. The molecule has 0 unspecified atom stereocenters. The average Bonchev–Trinajstić information content (AvgIpc) is 2.53. The molecule has 8 heteroatoms. The molecule has 26 heavy (non-hydrogen) atoms. The van der Waals surface area contributed by atoms with Gasteiger partial charge in [0, 0.05) is 25.0 Å². The van der Waals surface area contributed by atoms with Crippen molar-refractivity contribution in [1.82, 2.24) is 15.4 Å². The smallest absolute Gasteiger partial charge is 0.208 e. The van der Waals surface area contributed by atoms with Crippen molar-refractivity contribution < 1.29 is 8.42 Å². The topological polar surface area (TPSA) is 82.6 Å². The Labute approximate surface area is 174 Å². The van der Waals surface area contributed by atoms with Crippen LogP contribution in [0.3, 0.4) is 0 Å². The molecular formula is C18H31IN4O2S. The minimum atomic E-state index is -3.11. The van der Waals surface area contributed by atoms with Gasteiger partial charge in [-0.3, -0.25) is 4.99 Å². The Balaban J connectivity index is 0.00000338. The van der Waals surface area contributed by atoms with Crippen molar-refractivity contribution in [3.63, 3.8) is 0 Å². The highest BCUT2D eigenvalue weighted by Crippen LogP contribution is 2.43. The minimum absolute atomic E-state index is 0. The van der Waals surface area contributed by atoms with Gasteiger partial charge in [-0.05, 0) is 31.7 Å². The summed E-state index contributed by atoms with van der Waals surface area (Å²) < 4.78 is 24.6. The quantitative estimate of drug-likeness (QED) is 0.213. The van der Waals surface area contributed by atoms with Crippen LogP contribution in [0.4, 0.5) is 0 Å². The molecule has 0 bridgehead atoms. The Hall–Kier alpha value is -0.870. The van der Waals surface area contributed by atoms with Crippen molar-refractivity contribution in [2.45, 2.75) is 38.0 Å². The maximum absolute atomic E-state index is 11.1. The minimum Gasteiger partial charge on any atom is -0.357 e. The van der Waals surface area contributed by atoms with Crippen LogP contribution in [0.15, 0.2) is 35.3 Å². The first-order valence-electron chi connectivity index (χ1n) is 8.97. The van der Waals surface area contributed by atoms with E-state index < -0.39 is 10.0 Å². The Kier molecular flexibility index (Phi) is 9.88. The highest BCUT2D eigenvalue weighted by Gasteiger charge is 2.38. The van der Waals surface area contributed by atoms with Gasteiger partial charge in [-0.2, -0.15) is 0 Å². The highest BCUT2D eigenvalue weighted by molar-refractivity contribution is 14.0. The molecule has 0 heterocycles. The molecule has 0 saturated heterocycles. The normalized spacial score (nSPS) is 16.3. The number of halogens is 1. The second-order valence-corrected chi connectivity index (χ2v) is 8.47. The third-order valence-corrected chi connectivity index (χ3v) is 5.32. The number of hydrogen-bond donors (Lipinski definition) is 3. The molecule has 1 aromatic carbocycles. The van der Waals surface area contributed by atoms with E-state index in [1.54, 1.807) is 0 Å². The number of nitrogens with zero attached hydrogens (tertiary/aromatic N) is 1. The van der Waals surface area contributed by atoms with Crippen molar-refractivity contribution in [2.24, 2.45) is 4.99 Å². The van der Waals surface area contributed by atoms with Gasteiger partial charge in [0.2, 0.25) is 10.0 Å². The van der Waals surface area contributed by atoms with Crippen molar-refractivity contribution in [3.05, 3.63) is 35.9 Å². The molecular weight excluding hydrogens is 463 g/mol. The van der Waals surface area contributed by atoms with Crippen molar-refractivity contribution in [3.8, 4) is 0 Å². The van der Waals surface area contributed by atoms with Crippen LogP contribution in [0, 0.1) is 0 Å². The first-order valence-corrected chi connectivity index (χ1v) is 10.9. The zero-order valence-corrected chi connectivity index (χ0v) is 18.8. The number of nitrogens with one attached hydrogen (secondary N) is 3. The van der Waals surface area contributed by atoms with Crippen LogP contribution in [-0.4, -0.2) is 46.8 Å². The van der Waals surface area contributed by atoms with Gasteiger partial charge in [-0.15, -0.1) is 24.0 Å². The van der Waals surface area contributed by atoms with E-state index in [4.69, 9.17) is 4.99 Å². The fourth-order valence-corrected chi connectivity index (χ4v) is 3.57. The molecule has 0 amide bonds. The van der Waals surface area contributed by atoms with E-state index in [9.17, 15) is 8.42 Å². The first-order chi connectivity index (χ1) is 12.0. The zero-order chi connectivity index (χ0) is 18.2. The van der Waals surface area contributed by atoms with Crippen molar-refractivity contribution in [2.75, 3.05) is 32.4 Å². The number of benzene rings is 1. The van der Waals surface area contributed by atoms with Crippen LogP contribution < -0.4 is 15.4 Å². The standard InChI is InChI=1S/C18H30N4O2S.HI/c1-3-19-17(20-13-8-14-22-25(2,23)24)21-15-18(11-7-12-18)16-9-5-4-6-10-16;/h4-6,9-10,22H,3,7-8,11-15H2,1-2H3,(H2,19,20,21);1H. The molecule has 1 saturated carbocycles. The largest absolute Gasteiger partial charge is 0.357 e. The summed E-state index contributed by atoms with van der Waals surface area (Å²) >= 11 is 0. The Morgan fingerprint density at radius 3 is 2.38 bits per heavy atom. The average molecular weight is 494 g/mol. The first kappa shape index (κ1) is 23.2. The van der Waals surface area contributed by atoms with E-state index in [-0.39, 0.29) is 29.4 Å². The Bertz CT molecular complexity index is 661. The van der Waals surface area contributed by atoms with Gasteiger partial charge in [0.1, 0.15) is 0 Å². The molecule has 2 rings (SSSR count). The third-order valence-electron chi connectivity index (χ3n) is 4.59. The van der Waals surface area contributed by atoms with Gasteiger partial charge < -0.3 is 10.6 Å². The lowest BCUT2D eigenvalue weighted by atomic mass is 9.64. The molecule has 1 fully saturated rings. The molecule has 0 radical (unpaired) electrons. The Morgan fingerprint density at radius 2 is 1.85 bits per heavy atom. The molecule has 6 nitrogen and oxygen atoms in total. The fraction of sp³-hybridized carbons (Fsp3) is 0.611. The van der Waals surface area contributed by atoms with Crippen LogP contribution in [0.5, 0.6) is 0 Å². The van der Waals surface area contributed by atoms with Gasteiger partial charge >= 0.3 is 0 Å². The molecule has 0 atom stereocenters. The van der Waals surface area contributed by atoms with Crippen LogP contribution in [0.25, 0.3) is 0 Å². The van der Waals surface area contributed by atoms with E-state index in [0.29, 0.717) is 19.5 Å². The molecule has 3 N–H and O–H groups in total. The molecule has 1 aliphatic carbocycles. The summed E-state index contributed by atoms with van der Waals surface area (Å²) in [5.41, 5.74) is 1.54. The van der Waals surface area contributed by atoms with Crippen LogP contribution in [0.2, 0.25) is 0 Å². The van der Waals surface area contributed by atoms with E-state index in [2.05, 4.69) is 45.7 Å². The predicted octanol–water partition coefficient (Wildman–Crippen LogP) is 2.22. The molecule has 0 aliphatic heterocycles. The van der Waals surface area contributed by atoms with Gasteiger partial charge in [0.15, 0.2) is 5.96 Å². The lowest BCUT2D eigenvalue weighted by Crippen LogP contribution is -2.42. The van der Waals surface area contributed by atoms with Crippen LogP contribution in [-0.2, 0) is 15.4 Å². The molecule has 0 aromatic heterocycles. The second kappa shape index (κ2) is 11.1. The van der Waals surface area contributed by atoms with E-state index >= 15 is 0 Å². The third kappa shape index (κ3) is 7.40. The van der Waals surface area contributed by atoms with E-state index in [1.807, 2.05) is 6.92 Å². The maximum atomic E-state index is 11.1. The number of sulfonamides is 1. The second-order valence-electron chi connectivity index (χ2n) is 6.64. The summed E-state index contributed by atoms with van der Waals surface area (Å²) in [5, 5.41) is 6.55. The Morgan fingerprint density at radius 1 is 1.15 bits per heavy atom. The summed E-state index contributed by atoms with van der Waals surface area (Å²) in [4.78, 5) is 4.79. The van der Waals surface area contributed by atoms with Crippen LogP contribution >= 0.6 is 24.0 Å². The number of rotatable bonds is 9.